The first-order valence-electron chi connectivity index (χ1n) is 10.5. The van der Waals surface area contributed by atoms with Crippen LogP contribution in [-0.2, 0) is 23.9 Å². The molecule has 12 heteroatoms. The number of carbonyl (C=O) groups excluding carboxylic acids is 4. The number of cyclic esters (lactones) is 1. The summed E-state index contributed by atoms with van der Waals surface area (Å²) in [6, 6.07) is 1.40. The number of nitrogens with zero attached hydrogens (tertiary/aromatic N) is 1. The molecule has 3 amide bonds. The number of esters is 1. The summed E-state index contributed by atoms with van der Waals surface area (Å²) in [7, 11) is 0. The van der Waals surface area contributed by atoms with Crippen LogP contribution in [0.5, 0.6) is 0 Å². The molecule has 5 atom stereocenters. The molecule has 2 saturated heterocycles. The second-order valence-electron chi connectivity index (χ2n) is 7.90. The topological polar surface area (TPSA) is 140 Å². The molecule has 4 N–H and O–H groups in total. The fourth-order valence-corrected chi connectivity index (χ4v) is 3.96. The first kappa shape index (κ1) is 24.7. The predicted octanol–water partition coefficient (Wildman–Crippen LogP) is 0.774. The smallest absolute Gasteiger partial charge is 0.310 e. The Morgan fingerprint density at radius 2 is 2.12 bits per heavy atom. The molecule has 2 fully saturated rings. The normalized spacial score (nSPS) is 25.5. The van der Waals surface area contributed by atoms with E-state index in [1.165, 1.54) is 25.1 Å². The summed E-state index contributed by atoms with van der Waals surface area (Å²) in [5.41, 5.74) is 6.14. The Balaban J connectivity index is 1.65. The van der Waals surface area contributed by atoms with Crippen molar-refractivity contribution < 1.29 is 33.0 Å². The Bertz CT molecular complexity index is 947. The summed E-state index contributed by atoms with van der Waals surface area (Å²) in [6.45, 7) is 3.12. The number of nitrogen functional groups attached to an aromatic ring is 1. The summed E-state index contributed by atoms with van der Waals surface area (Å²) in [5.74, 6) is -2.35. The lowest BCUT2D eigenvalue weighted by molar-refractivity contribution is -0.164. The van der Waals surface area contributed by atoms with Gasteiger partial charge in [-0.15, -0.1) is 0 Å². The number of halogens is 2. The molecule has 2 heterocycles. The maximum atomic E-state index is 14.2. The average molecular weight is 485 g/mol. The van der Waals surface area contributed by atoms with Gasteiger partial charge in [0.05, 0.1) is 23.7 Å². The number of alkyl halides is 1. The minimum absolute atomic E-state index is 0.0905. The van der Waals surface area contributed by atoms with Gasteiger partial charge in [-0.1, -0.05) is 11.6 Å². The monoisotopic (exact) mass is 484 g/mol. The lowest BCUT2D eigenvalue weighted by atomic mass is 10.1. The van der Waals surface area contributed by atoms with E-state index in [1.54, 1.807) is 6.92 Å². The number of nitrogens with two attached hydrogens (primary N) is 1. The Morgan fingerprint density at radius 1 is 1.39 bits per heavy atom. The number of amides is 3. The highest BCUT2D eigenvalue weighted by Gasteiger charge is 2.44. The highest BCUT2D eigenvalue weighted by atomic mass is 35.5. The largest absolute Gasteiger partial charge is 0.433 e. The Morgan fingerprint density at radius 3 is 2.79 bits per heavy atom. The molecule has 1 aromatic carbocycles. The minimum Gasteiger partial charge on any atom is -0.433 e. The Kier molecular flexibility index (Phi) is 7.75. The summed E-state index contributed by atoms with van der Waals surface area (Å²) in [5, 5.41) is 5.35. The zero-order valence-electron chi connectivity index (χ0n) is 18.2. The lowest BCUT2D eigenvalue weighted by Gasteiger charge is -2.28. The van der Waals surface area contributed by atoms with E-state index in [0.717, 1.165) is 4.90 Å². The van der Waals surface area contributed by atoms with Crippen LogP contribution in [0.4, 0.5) is 10.1 Å². The van der Waals surface area contributed by atoms with Crippen molar-refractivity contribution in [1.82, 2.24) is 15.5 Å². The van der Waals surface area contributed by atoms with Crippen molar-refractivity contribution in [1.29, 1.82) is 0 Å². The number of hydrogen-bond donors (Lipinski definition) is 3. The fraction of sp³-hybridized carbons (Fsp3) is 0.524. The third kappa shape index (κ3) is 5.72. The predicted molar refractivity (Wildman–Crippen MR) is 116 cm³/mol. The van der Waals surface area contributed by atoms with Crippen LogP contribution in [0.1, 0.15) is 37.0 Å². The summed E-state index contributed by atoms with van der Waals surface area (Å²) < 4.78 is 24.5. The molecule has 0 aliphatic carbocycles. The molecule has 0 bridgehead atoms. The van der Waals surface area contributed by atoms with Gasteiger partial charge in [0.15, 0.2) is 0 Å². The number of anilines is 1. The molecule has 0 saturated carbocycles. The van der Waals surface area contributed by atoms with Gasteiger partial charge in [-0.25, -0.2) is 4.39 Å². The quantitative estimate of drug-likeness (QED) is 0.383. The maximum Gasteiger partial charge on any atom is 0.310 e. The van der Waals surface area contributed by atoms with Gasteiger partial charge in [0.1, 0.15) is 24.3 Å². The lowest BCUT2D eigenvalue weighted by Crippen LogP contribution is -2.54. The number of ether oxygens (including phenoxy) is 2. The van der Waals surface area contributed by atoms with E-state index < -0.39 is 54.3 Å². The van der Waals surface area contributed by atoms with Crippen molar-refractivity contribution in [3.8, 4) is 0 Å². The molecule has 2 aliphatic heterocycles. The van der Waals surface area contributed by atoms with Crippen molar-refractivity contribution in [3.05, 3.63) is 28.8 Å². The van der Waals surface area contributed by atoms with Crippen LogP contribution in [0, 0.1) is 0 Å². The third-order valence-corrected chi connectivity index (χ3v) is 5.77. The van der Waals surface area contributed by atoms with Gasteiger partial charge in [-0.3, -0.25) is 19.2 Å². The second-order valence-corrected chi connectivity index (χ2v) is 8.31. The van der Waals surface area contributed by atoms with E-state index in [-0.39, 0.29) is 36.6 Å². The van der Waals surface area contributed by atoms with E-state index in [4.69, 9.17) is 26.8 Å². The van der Waals surface area contributed by atoms with Crippen LogP contribution in [0.2, 0.25) is 5.02 Å². The second kappa shape index (κ2) is 10.3. The van der Waals surface area contributed by atoms with Gasteiger partial charge in [0.25, 0.3) is 5.91 Å². The molecule has 33 heavy (non-hydrogen) atoms. The zero-order chi connectivity index (χ0) is 24.3. The van der Waals surface area contributed by atoms with Crippen molar-refractivity contribution in [2.75, 3.05) is 18.9 Å². The van der Waals surface area contributed by atoms with Crippen LogP contribution >= 0.6 is 11.6 Å². The van der Waals surface area contributed by atoms with Crippen molar-refractivity contribution >= 4 is 41.0 Å². The molecular formula is C21H26ClFN4O6. The number of benzene rings is 1. The SMILES string of the molecule is CCO[C@@H]1OC(=O)C[C@@H]1NC(=O)C1C[C@H](F)CN1C(=O)[C@H](C)NC(=O)c1ccc(N)c(Cl)c1. The molecule has 180 valence electrons. The minimum atomic E-state index is -1.41. The Labute approximate surface area is 194 Å². The van der Waals surface area contributed by atoms with Gasteiger partial charge in [-0.05, 0) is 32.0 Å². The van der Waals surface area contributed by atoms with Crippen molar-refractivity contribution in [2.24, 2.45) is 0 Å². The van der Waals surface area contributed by atoms with Crippen molar-refractivity contribution in [3.63, 3.8) is 0 Å². The first-order chi connectivity index (χ1) is 15.6. The first-order valence-corrected chi connectivity index (χ1v) is 10.9. The van der Waals surface area contributed by atoms with Gasteiger partial charge >= 0.3 is 5.97 Å². The summed E-state index contributed by atoms with van der Waals surface area (Å²) in [6.07, 6.45) is -2.64. The van der Waals surface area contributed by atoms with Gasteiger partial charge < -0.3 is 30.7 Å². The highest BCUT2D eigenvalue weighted by Crippen LogP contribution is 2.24. The van der Waals surface area contributed by atoms with Crippen molar-refractivity contribution in [2.45, 2.75) is 57.3 Å². The maximum absolute atomic E-state index is 14.2. The third-order valence-electron chi connectivity index (χ3n) is 5.44. The Hall–Kier alpha value is -2.92. The zero-order valence-corrected chi connectivity index (χ0v) is 18.9. The molecule has 2 aliphatic rings. The van der Waals surface area contributed by atoms with E-state index in [0.29, 0.717) is 5.69 Å². The fourth-order valence-electron chi connectivity index (χ4n) is 3.78. The summed E-state index contributed by atoms with van der Waals surface area (Å²) in [4.78, 5) is 51.0. The molecule has 10 nitrogen and oxygen atoms in total. The number of carbonyl (C=O) groups is 4. The number of nitrogens with one attached hydrogen (secondary N) is 2. The van der Waals surface area contributed by atoms with E-state index in [2.05, 4.69) is 10.6 Å². The van der Waals surface area contributed by atoms with Crippen LogP contribution in [0.3, 0.4) is 0 Å². The van der Waals surface area contributed by atoms with Gasteiger partial charge in [0.2, 0.25) is 18.1 Å². The van der Waals surface area contributed by atoms with Gasteiger partial charge in [0, 0.05) is 18.6 Å². The van der Waals surface area contributed by atoms with Gasteiger partial charge in [-0.2, -0.15) is 0 Å². The standard InChI is InChI=1S/C21H26ClFN4O6/c1-3-32-21-15(8-17(28)33-21)26-19(30)16-7-12(23)9-27(16)20(31)10(2)25-18(29)11-4-5-14(24)13(22)6-11/h4-6,10,12,15-16,21H,3,7-9,24H2,1-2H3,(H,25,29)(H,26,30)/t10-,12-,15-,16?,21+/m0/s1. The van der Waals surface area contributed by atoms with Crippen LogP contribution in [0.25, 0.3) is 0 Å². The molecular weight excluding hydrogens is 459 g/mol. The average Bonchev–Trinajstić information content (AvgIpc) is 3.31. The molecule has 1 unspecified atom stereocenters. The molecule has 0 aromatic heterocycles. The molecule has 3 rings (SSSR count). The number of hydrogen-bond acceptors (Lipinski definition) is 7. The number of likely N-dealkylation sites (tertiary alicyclic amines) is 1. The van der Waals surface area contributed by atoms with Crippen LogP contribution < -0.4 is 16.4 Å². The van der Waals surface area contributed by atoms with E-state index in [1.807, 2.05) is 0 Å². The highest BCUT2D eigenvalue weighted by molar-refractivity contribution is 6.33. The van der Waals surface area contributed by atoms with E-state index in [9.17, 15) is 23.6 Å². The molecule has 1 aromatic rings. The van der Waals surface area contributed by atoms with E-state index >= 15 is 0 Å². The van der Waals surface area contributed by atoms with Crippen LogP contribution in [0.15, 0.2) is 18.2 Å². The van der Waals surface area contributed by atoms with Crippen LogP contribution in [-0.4, -0.2) is 72.3 Å². The summed E-state index contributed by atoms with van der Waals surface area (Å²) >= 11 is 5.93. The molecule has 0 radical (unpaired) electrons. The number of rotatable bonds is 7. The molecule has 0 spiro atoms.